The summed E-state index contributed by atoms with van der Waals surface area (Å²) in [4.78, 5) is 18.9. The van der Waals surface area contributed by atoms with Crippen LogP contribution in [-0.4, -0.2) is 41.1 Å². The number of aromatic carboxylic acids is 1. The molecule has 7 heteroatoms. The SMILES string of the molecule is CN(CC(F)F)c1cnc(C(=O)O)cn1. The molecule has 15 heavy (non-hydrogen) atoms. The van der Waals surface area contributed by atoms with Crippen molar-refractivity contribution in [2.75, 3.05) is 18.5 Å². The largest absolute Gasteiger partial charge is 0.476 e. The molecular weight excluding hydrogens is 208 g/mol. The van der Waals surface area contributed by atoms with Gasteiger partial charge in [-0.05, 0) is 0 Å². The molecule has 5 nitrogen and oxygen atoms in total. The van der Waals surface area contributed by atoms with Crippen LogP contribution < -0.4 is 4.90 Å². The number of aromatic nitrogens is 2. The summed E-state index contributed by atoms with van der Waals surface area (Å²) in [5.41, 5.74) is -0.218. The third kappa shape index (κ3) is 3.12. The highest BCUT2D eigenvalue weighted by Crippen LogP contribution is 2.08. The number of carboxylic acids is 1. The molecule has 0 saturated heterocycles. The number of rotatable bonds is 4. The van der Waals surface area contributed by atoms with Gasteiger partial charge in [-0.3, -0.25) is 0 Å². The van der Waals surface area contributed by atoms with Gasteiger partial charge in [-0.2, -0.15) is 0 Å². The second kappa shape index (κ2) is 4.63. The lowest BCUT2D eigenvalue weighted by Gasteiger charge is -2.16. The molecule has 1 aromatic rings. The van der Waals surface area contributed by atoms with E-state index in [2.05, 4.69) is 9.97 Å². The van der Waals surface area contributed by atoms with Crippen LogP contribution in [0.2, 0.25) is 0 Å². The first-order chi connectivity index (χ1) is 7.00. The topological polar surface area (TPSA) is 66.3 Å². The lowest BCUT2D eigenvalue weighted by Crippen LogP contribution is -2.25. The maximum absolute atomic E-state index is 12.0. The van der Waals surface area contributed by atoms with Crippen molar-refractivity contribution in [1.82, 2.24) is 9.97 Å². The molecule has 1 aromatic heterocycles. The first-order valence-electron chi connectivity index (χ1n) is 4.05. The van der Waals surface area contributed by atoms with Crippen LogP contribution >= 0.6 is 0 Å². The molecule has 0 amide bonds. The highest BCUT2D eigenvalue weighted by molar-refractivity contribution is 5.84. The van der Waals surface area contributed by atoms with E-state index in [0.717, 1.165) is 12.4 Å². The van der Waals surface area contributed by atoms with Crippen molar-refractivity contribution < 1.29 is 18.7 Å². The Morgan fingerprint density at radius 1 is 1.53 bits per heavy atom. The number of halogens is 2. The average Bonchev–Trinajstić information content (AvgIpc) is 2.17. The Hall–Kier alpha value is -1.79. The fraction of sp³-hybridized carbons (Fsp3) is 0.375. The van der Waals surface area contributed by atoms with E-state index in [0.29, 0.717) is 0 Å². The van der Waals surface area contributed by atoms with Crippen LogP contribution in [0, 0.1) is 0 Å². The van der Waals surface area contributed by atoms with Crippen molar-refractivity contribution in [3.8, 4) is 0 Å². The summed E-state index contributed by atoms with van der Waals surface area (Å²) < 4.78 is 24.0. The van der Waals surface area contributed by atoms with Crippen LogP contribution in [0.15, 0.2) is 12.4 Å². The lowest BCUT2D eigenvalue weighted by atomic mass is 10.4. The summed E-state index contributed by atoms with van der Waals surface area (Å²) in [6.45, 7) is -0.471. The number of hydrogen-bond acceptors (Lipinski definition) is 4. The molecule has 0 aliphatic rings. The van der Waals surface area contributed by atoms with Crippen LogP contribution in [0.5, 0.6) is 0 Å². The predicted octanol–water partition coefficient (Wildman–Crippen LogP) is 0.876. The van der Waals surface area contributed by atoms with Crippen molar-refractivity contribution in [2.45, 2.75) is 6.43 Å². The highest BCUT2D eigenvalue weighted by Gasteiger charge is 2.11. The molecule has 0 bridgehead atoms. The van der Waals surface area contributed by atoms with Crippen molar-refractivity contribution in [1.29, 1.82) is 0 Å². The Bertz CT molecular complexity index is 342. The third-order valence-corrected chi connectivity index (χ3v) is 1.66. The molecule has 1 N–H and O–H groups in total. The van der Waals surface area contributed by atoms with E-state index in [1.54, 1.807) is 0 Å². The number of carbonyl (C=O) groups is 1. The van der Waals surface area contributed by atoms with Gasteiger partial charge in [-0.25, -0.2) is 23.5 Å². The first-order valence-corrected chi connectivity index (χ1v) is 4.05. The van der Waals surface area contributed by atoms with E-state index in [4.69, 9.17) is 5.11 Å². The molecule has 0 aromatic carbocycles. The van der Waals surface area contributed by atoms with Crippen molar-refractivity contribution >= 4 is 11.8 Å². The number of anilines is 1. The molecule has 1 rings (SSSR count). The predicted molar refractivity (Wildman–Crippen MR) is 48.3 cm³/mol. The fourth-order valence-corrected chi connectivity index (χ4v) is 0.929. The van der Waals surface area contributed by atoms with E-state index in [-0.39, 0.29) is 11.5 Å². The van der Waals surface area contributed by atoms with Crippen LogP contribution in [0.1, 0.15) is 10.5 Å². The third-order valence-electron chi connectivity index (χ3n) is 1.66. The summed E-state index contributed by atoms with van der Waals surface area (Å²) in [6.07, 6.45) is -0.304. The van der Waals surface area contributed by atoms with E-state index >= 15 is 0 Å². The molecule has 0 aliphatic carbocycles. The second-order valence-electron chi connectivity index (χ2n) is 2.84. The van der Waals surface area contributed by atoms with Crippen molar-refractivity contribution in [2.24, 2.45) is 0 Å². The first kappa shape index (κ1) is 11.3. The normalized spacial score (nSPS) is 10.4. The smallest absolute Gasteiger partial charge is 0.356 e. The number of alkyl halides is 2. The minimum Gasteiger partial charge on any atom is -0.476 e. The molecule has 1 heterocycles. The van der Waals surface area contributed by atoms with E-state index in [9.17, 15) is 13.6 Å². The van der Waals surface area contributed by atoms with Gasteiger partial charge in [-0.15, -0.1) is 0 Å². The lowest BCUT2D eigenvalue weighted by molar-refractivity contribution is 0.0690. The molecule has 0 radical (unpaired) electrons. The maximum Gasteiger partial charge on any atom is 0.356 e. The summed E-state index contributed by atoms with van der Waals surface area (Å²) >= 11 is 0. The quantitative estimate of drug-likeness (QED) is 0.810. The molecule has 0 unspecified atom stereocenters. The Kier molecular flexibility index (Phi) is 3.48. The molecule has 0 spiro atoms. The number of hydrogen-bond donors (Lipinski definition) is 1. The maximum atomic E-state index is 12.0. The molecule has 0 aliphatic heterocycles. The van der Waals surface area contributed by atoms with Crippen LogP contribution in [0.25, 0.3) is 0 Å². The van der Waals surface area contributed by atoms with Gasteiger partial charge < -0.3 is 10.0 Å². The highest BCUT2D eigenvalue weighted by atomic mass is 19.3. The summed E-state index contributed by atoms with van der Waals surface area (Å²) in [6, 6.07) is 0. The van der Waals surface area contributed by atoms with Gasteiger partial charge in [0.25, 0.3) is 6.43 Å². The van der Waals surface area contributed by atoms with E-state index in [1.807, 2.05) is 0 Å². The Balaban J connectivity index is 2.75. The zero-order chi connectivity index (χ0) is 11.4. The standard InChI is InChI=1S/C8H9F2N3O2/c1-13(4-6(9)10)7-3-11-5(2-12-7)8(14)15/h2-3,6H,4H2,1H3,(H,14,15). The molecule has 82 valence electrons. The average molecular weight is 217 g/mol. The van der Waals surface area contributed by atoms with Crippen LogP contribution in [0.4, 0.5) is 14.6 Å². The fourth-order valence-electron chi connectivity index (χ4n) is 0.929. The molecular formula is C8H9F2N3O2. The van der Waals surface area contributed by atoms with E-state index < -0.39 is 18.9 Å². The number of carboxylic acid groups (broad SMARTS) is 1. The Labute approximate surface area is 84.4 Å². The molecule has 0 saturated carbocycles. The monoisotopic (exact) mass is 217 g/mol. The summed E-state index contributed by atoms with van der Waals surface area (Å²) in [5.74, 6) is -0.995. The molecule has 0 fully saturated rings. The second-order valence-corrected chi connectivity index (χ2v) is 2.84. The van der Waals surface area contributed by atoms with Gasteiger partial charge in [0.2, 0.25) is 0 Å². The minimum atomic E-state index is -2.48. The zero-order valence-electron chi connectivity index (χ0n) is 7.89. The minimum absolute atomic E-state index is 0.209. The van der Waals surface area contributed by atoms with Gasteiger partial charge in [0, 0.05) is 7.05 Å². The van der Waals surface area contributed by atoms with Crippen LogP contribution in [-0.2, 0) is 0 Å². The van der Waals surface area contributed by atoms with Gasteiger partial charge in [0.15, 0.2) is 5.69 Å². The Morgan fingerprint density at radius 2 is 2.20 bits per heavy atom. The van der Waals surface area contributed by atoms with Gasteiger partial charge in [0.1, 0.15) is 5.82 Å². The van der Waals surface area contributed by atoms with E-state index in [1.165, 1.54) is 11.9 Å². The zero-order valence-corrected chi connectivity index (χ0v) is 7.89. The van der Waals surface area contributed by atoms with Crippen molar-refractivity contribution in [3.63, 3.8) is 0 Å². The number of nitrogens with zero attached hydrogens (tertiary/aromatic N) is 3. The van der Waals surface area contributed by atoms with Crippen LogP contribution in [0.3, 0.4) is 0 Å². The van der Waals surface area contributed by atoms with Crippen molar-refractivity contribution in [3.05, 3.63) is 18.1 Å². The van der Waals surface area contributed by atoms with Gasteiger partial charge in [-0.1, -0.05) is 0 Å². The van der Waals surface area contributed by atoms with Gasteiger partial charge in [0.05, 0.1) is 18.9 Å². The summed E-state index contributed by atoms with van der Waals surface area (Å²) in [7, 11) is 1.43. The Morgan fingerprint density at radius 3 is 2.60 bits per heavy atom. The summed E-state index contributed by atoms with van der Waals surface area (Å²) in [5, 5.41) is 8.52. The molecule has 0 atom stereocenters. The van der Waals surface area contributed by atoms with Gasteiger partial charge >= 0.3 is 5.97 Å².